The normalized spacial score (nSPS) is 15.7. The third-order valence-corrected chi connectivity index (χ3v) is 6.79. The molecule has 0 radical (unpaired) electrons. The van der Waals surface area contributed by atoms with Crippen molar-refractivity contribution in [2.75, 3.05) is 5.32 Å². The van der Waals surface area contributed by atoms with Crippen LogP contribution in [0.15, 0.2) is 30.9 Å². The lowest BCUT2D eigenvalue weighted by Crippen LogP contribution is -2.23. The second-order valence-electron chi connectivity index (χ2n) is 8.39. The molecule has 0 bridgehead atoms. The Bertz CT molecular complexity index is 1180. The predicted octanol–water partition coefficient (Wildman–Crippen LogP) is 5.07. The van der Waals surface area contributed by atoms with Crippen molar-refractivity contribution in [2.24, 2.45) is 5.41 Å². The monoisotopic (exact) mass is 389 g/mol. The van der Waals surface area contributed by atoms with Crippen LogP contribution in [0.25, 0.3) is 20.4 Å². The first-order chi connectivity index (χ1) is 13.5. The Morgan fingerprint density at radius 1 is 1.21 bits per heavy atom. The van der Waals surface area contributed by atoms with Crippen LogP contribution in [0.2, 0.25) is 0 Å². The number of anilines is 1. The van der Waals surface area contributed by atoms with E-state index in [2.05, 4.69) is 47.1 Å². The van der Waals surface area contributed by atoms with E-state index in [1.807, 2.05) is 12.3 Å². The van der Waals surface area contributed by atoms with Crippen LogP contribution in [0.1, 0.15) is 42.7 Å². The summed E-state index contributed by atoms with van der Waals surface area (Å²) in [6.45, 7) is 7.56. The van der Waals surface area contributed by atoms with Gasteiger partial charge >= 0.3 is 0 Å². The first kappa shape index (κ1) is 17.5. The van der Waals surface area contributed by atoms with Crippen LogP contribution < -0.4 is 5.32 Å². The number of hydrogen-bond donors (Lipinski definition) is 1. The highest BCUT2D eigenvalue weighted by atomic mass is 32.1. The Kier molecular flexibility index (Phi) is 4.05. The first-order valence-corrected chi connectivity index (χ1v) is 10.5. The van der Waals surface area contributed by atoms with Crippen LogP contribution in [0.4, 0.5) is 5.82 Å². The predicted molar refractivity (Wildman–Crippen MR) is 115 cm³/mol. The van der Waals surface area contributed by atoms with Gasteiger partial charge in [0, 0.05) is 30.0 Å². The van der Waals surface area contributed by atoms with Gasteiger partial charge in [-0.2, -0.15) is 0 Å². The van der Waals surface area contributed by atoms with Crippen molar-refractivity contribution >= 4 is 37.6 Å². The number of hydrogen-bond acceptors (Lipinski definition) is 6. The smallest absolute Gasteiger partial charge is 0.147 e. The van der Waals surface area contributed by atoms with Crippen molar-refractivity contribution < 1.29 is 0 Å². The summed E-state index contributed by atoms with van der Waals surface area (Å²) in [6, 6.07) is 4.01. The molecule has 5 nitrogen and oxygen atoms in total. The summed E-state index contributed by atoms with van der Waals surface area (Å²) in [5.74, 6) is 0.873. The Balaban J connectivity index is 1.65. The Labute approximate surface area is 168 Å². The molecule has 0 atom stereocenters. The highest BCUT2D eigenvalue weighted by Crippen LogP contribution is 2.44. The average Bonchev–Trinajstić information content (AvgIpc) is 3.05. The summed E-state index contributed by atoms with van der Waals surface area (Å²) in [5, 5.41) is 4.70. The lowest BCUT2D eigenvalue weighted by atomic mass is 9.73. The van der Waals surface area contributed by atoms with Gasteiger partial charge in [0.05, 0.1) is 10.2 Å². The Morgan fingerprint density at radius 2 is 2.11 bits per heavy atom. The third kappa shape index (κ3) is 2.92. The number of aromatic nitrogens is 4. The van der Waals surface area contributed by atoms with Gasteiger partial charge < -0.3 is 5.32 Å². The first-order valence-electron chi connectivity index (χ1n) is 9.70. The van der Waals surface area contributed by atoms with Crippen LogP contribution >= 0.6 is 11.3 Å². The molecule has 1 aliphatic rings. The SMILES string of the molecule is Cc1nc2sc3c(NCc4cccnc4)ncnc3c2c2c1CCC(C)(C)C2. The van der Waals surface area contributed by atoms with Crippen LogP contribution in [0.3, 0.4) is 0 Å². The summed E-state index contributed by atoms with van der Waals surface area (Å²) in [6.07, 6.45) is 8.72. The average molecular weight is 390 g/mol. The van der Waals surface area contributed by atoms with E-state index in [4.69, 9.17) is 4.98 Å². The summed E-state index contributed by atoms with van der Waals surface area (Å²) in [4.78, 5) is 19.4. The van der Waals surface area contributed by atoms with Gasteiger partial charge in [-0.1, -0.05) is 19.9 Å². The van der Waals surface area contributed by atoms with Gasteiger partial charge in [-0.05, 0) is 54.4 Å². The topological polar surface area (TPSA) is 63.6 Å². The zero-order valence-electron chi connectivity index (χ0n) is 16.4. The van der Waals surface area contributed by atoms with E-state index in [0.717, 1.165) is 39.3 Å². The quantitative estimate of drug-likeness (QED) is 0.530. The summed E-state index contributed by atoms with van der Waals surface area (Å²) < 4.78 is 1.09. The van der Waals surface area contributed by atoms with Gasteiger partial charge in [-0.3, -0.25) is 4.98 Å². The third-order valence-electron chi connectivity index (χ3n) is 5.72. The molecular weight excluding hydrogens is 366 g/mol. The molecule has 142 valence electrons. The fourth-order valence-electron chi connectivity index (χ4n) is 4.21. The maximum absolute atomic E-state index is 4.95. The van der Waals surface area contributed by atoms with Gasteiger partial charge in [-0.15, -0.1) is 11.3 Å². The zero-order chi connectivity index (χ0) is 19.3. The number of rotatable bonds is 3. The van der Waals surface area contributed by atoms with Gasteiger partial charge in [-0.25, -0.2) is 15.0 Å². The van der Waals surface area contributed by atoms with Crippen molar-refractivity contribution in [1.29, 1.82) is 0 Å². The van der Waals surface area contributed by atoms with E-state index >= 15 is 0 Å². The molecule has 5 rings (SSSR count). The number of aryl methyl sites for hydroxylation is 1. The molecule has 1 N–H and O–H groups in total. The van der Waals surface area contributed by atoms with Crippen molar-refractivity contribution in [2.45, 2.75) is 46.6 Å². The van der Waals surface area contributed by atoms with Crippen molar-refractivity contribution in [3.8, 4) is 0 Å². The minimum absolute atomic E-state index is 0.316. The number of thiophene rings is 1. The summed E-state index contributed by atoms with van der Waals surface area (Å²) in [7, 11) is 0. The van der Waals surface area contributed by atoms with E-state index in [1.165, 1.54) is 28.6 Å². The maximum atomic E-state index is 4.95. The van der Waals surface area contributed by atoms with E-state index in [9.17, 15) is 0 Å². The minimum Gasteiger partial charge on any atom is -0.365 e. The van der Waals surface area contributed by atoms with Gasteiger partial charge in [0.2, 0.25) is 0 Å². The van der Waals surface area contributed by atoms with Gasteiger partial charge in [0.1, 0.15) is 17.0 Å². The lowest BCUT2D eigenvalue weighted by molar-refractivity contribution is 0.316. The Hall–Kier alpha value is -2.60. The molecular formula is C22H23N5S. The molecule has 4 aromatic heterocycles. The number of fused-ring (bicyclic) bond motifs is 5. The molecule has 0 aliphatic heterocycles. The number of nitrogens with zero attached hydrogens (tertiary/aromatic N) is 4. The van der Waals surface area contributed by atoms with Crippen molar-refractivity contribution in [3.05, 3.63) is 53.2 Å². The second-order valence-corrected chi connectivity index (χ2v) is 9.39. The number of pyridine rings is 2. The highest BCUT2D eigenvalue weighted by Gasteiger charge is 2.30. The fourth-order valence-corrected chi connectivity index (χ4v) is 5.38. The summed E-state index contributed by atoms with van der Waals surface area (Å²) in [5.41, 5.74) is 6.52. The molecule has 1 aliphatic carbocycles. The fraction of sp³-hybridized carbons (Fsp3) is 0.364. The van der Waals surface area contributed by atoms with E-state index in [1.54, 1.807) is 23.9 Å². The van der Waals surface area contributed by atoms with Gasteiger partial charge in [0.15, 0.2) is 0 Å². The number of nitrogens with one attached hydrogen (secondary N) is 1. The molecule has 0 unspecified atom stereocenters. The maximum Gasteiger partial charge on any atom is 0.147 e. The van der Waals surface area contributed by atoms with E-state index in [0.29, 0.717) is 12.0 Å². The van der Waals surface area contributed by atoms with Crippen molar-refractivity contribution in [1.82, 2.24) is 19.9 Å². The molecule has 0 amide bonds. The zero-order valence-corrected chi connectivity index (χ0v) is 17.2. The molecule has 4 aromatic rings. The largest absolute Gasteiger partial charge is 0.365 e. The summed E-state index contributed by atoms with van der Waals surface area (Å²) >= 11 is 1.70. The van der Waals surface area contributed by atoms with E-state index < -0.39 is 0 Å². The molecule has 28 heavy (non-hydrogen) atoms. The minimum atomic E-state index is 0.316. The molecule has 0 saturated carbocycles. The molecule has 0 aromatic carbocycles. The second kappa shape index (κ2) is 6.48. The van der Waals surface area contributed by atoms with Gasteiger partial charge in [0.25, 0.3) is 0 Å². The van der Waals surface area contributed by atoms with Crippen LogP contribution in [0.5, 0.6) is 0 Å². The van der Waals surface area contributed by atoms with E-state index in [-0.39, 0.29) is 0 Å². The molecule has 0 spiro atoms. The molecule has 0 fully saturated rings. The Morgan fingerprint density at radius 3 is 2.93 bits per heavy atom. The molecule has 0 saturated heterocycles. The highest BCUT2D eigenvalue weighted by molar-refractivity contribution is 7.26. The molecule has 6 heteroatoms. The van der Waals surface area contributed by atoms with Crippen LogP contribution in [0, 0.1) is 12.3 Å². The van der Waals surface area contributed by atoms with Crippen LogP contribution in [-0.2, 0) is 19.4 Å². The van der Waals surface area contributed by atoms with Crippen molar-refractivity contribution in [3.63, 3.8) is 0 Å². The standard InChI is InChI=1S/C22H23N5S/c1-13-15-6-7-22(2,3)9-16(15)17-18-19(28-21(17)27-13)20(26-12-25-18)24-11-14-5-4-8-23-10-14/h4-5,8,10,12H,6-7,9,11H2,1-3H3,(H,24,25,26). The van der Waals surface area contributed by atoms with Crippen LogP contribution in [-0.4, -0.2) is 19.9 Å². The lowest BCUT2D eigenvalue weighted by Gasteiger charge is -2.32. The molecule has 4 heterocycles.